The Labute approximate surface area is 232 Å². The predicted octanol–water partition coefficient (Wildman–Crippen LogP) is 9.52. The fourth-order valence-corrected chi connectivity index (χ4v) is 6.57. The maximum Gasteiger partial charge on any atom is 0.151 e. The second kappa shape index (κ2) is 11.7. The van der Waals surface area contributed by atoms with E-state index in [1.807, 2.05) is 11.8 Å². The summed E-state index contributed by atoms with van der Waals surface area (Å²) in [5.74, 6) is 1.97. The highest BCUT2D eigenvalue weighted by Crippen LogP contribution is 2.41. The van der Waals surface area contributed by atoms with Gasteiger partial charge in [-0.15, -0.1) is 23.1 Å². The largest absolute Gasteiger partial charge is 0.318 e. The van der Waals surface area contributed by atoms with Crippen LogP contribution in [0.4, 0.5) is 0 Å². The van der Waals surface area contributed by atoms with Gasteiger partial charge in [-0.25, -0.2) is 4.98 Å². The van der Waals surface area contributed by atoms with Gasteiger partial charge < -0.3 is 4.57 Å². The van der Waals surface area contributed by atoms with Crippen molar-refractivity contribution in [1.29, 1.82) is 0 Å². The number of hydrogen-bond acceptors (Lipinski definition) is 3. The molecule has 1 atom stereocenters. The minimum Gasteiger partial charge on any atom is -0.318 e. The van der Waals surface area contributed by atoms with Gasteiger partial charge in [0.15, 0.2) is 5.82 Å². The summed E-state index contributed by atoms with van der Waals surface area (Å²) in [6.07, 6.45) is 0.920. The molecule has 38 heavy (non-hydrogen) atoms. The van der Waals surface area contributed by atoms with Gasteiger partial charge in [0.1, 0.15) is 0 Å². The Balaban J connectivity index is 1.57. The molecule has 0 aliphatic rings. The highest BCUT2D eigenvalue weighted by atomic mass is 32.2. The average Bonchev–Trinajstić information content (AvgIpc) is 3.66. The second-order valence-corrected chi connectivity index (χ2v) is 11.2. The van der Waals surface area contributed by atoms with Crippen LogP contribution in [0.5, 0.6) is 0 Å². The number of benzene rings is 4. The Morgan fingerprint density at radius 1 is 0.658 bits per heavy atom. The lowest BCUT2D eigenvalue weighted by atomic mass is 10.0. The molecule has 2 heterocycles. The van der Waals surface area contributed by atoms with Crippen molar-refractivity contribution in [3.05, 3.63) is 144 Å². The SMILES string of the molecule is c1ccc(C[C@@H](CSc2ccccc2)n2c(-c3cccs3)nc(-c3ccccc3)c2-c2ccccc2)cc1. The standard InChI is InChI=1S/C34H28N2S2/c1-5-14-26(15-6-1)24-29(25-38-30-20-11-4-12-21-30)36-33(28-18-9-3-10-19-28)32(27-16-7-2-8-17-27)35-34(36)31-22-13-23-37-31/h1-23,29H,24-25H2/t29-/m0/s1. The summed E-state index contributed by atoms with van der Waals surface area (Å²) in [5.41, 5.74) is 5.86. The minimum atomic E-state index is 0.194. The van der Waals surface area contributed by atoms with Gasteiger partial charge in [0.2, 0.25) is 0 Å². The van der Waals surface area contributed by atoms with Crippen LogP contribution >= 0.6 is 23.1 Å². The molecular formula is C34H28N2S2. The molecule has 6 rings (SSSR count). The van der Waals surface area contributed by atoms with Crippen molar-refractivity contribution in [2.24, 2.45) is 0 Å². The molecule has 6 aromatic rings. The lowest BCUT2D eigenvalue weighted by Crippen LogP contribution is -2.17. The van der Waals surface area contributed by atoms with E-state index in [2.05, 4.69) is 143 Å². The first-order valence-corrected chi connectivity index (χ1v) is 14.7. The number of thiophene rings is 1. The van der Waals surface area contributed by atoms with Crippen molar-refractivity contribution >= 4 is 23.1 Å². The highest BCUT2D eigenvalue weighted by Gasteiger charge is 2.27. The summed E-state index contributed by atoms with van der Waals surface area (Å²) in [7, 11) is 0. The molecule has 0 saturated heterocycles. The van der Waals surface area contributed by atoms with Crippen LogP contribution in [0.1, 0.15) is 11.6 Å². The summed E-state index contributed by atoms with van der Waals surface area (Å²) in [6, 6.07) is 47.4. The zero-order valence-electron chi connectivity index (χ0n) is 21.0. The van der Waals surface area contributed by atoms with Crippen LogP contribution in [0.25, 0.3) is 33.2 Å². The van der Waals surface area contributed by atoms with Crippen LogP contribution in [0.3, 0.4) is 0 Å². The molecule has 0 saturated carbocycles. The molecule has 2 nitrogen and oxygen atoms in total. The number of hydrogen-bond donors (Lipinski definition) is 0. The van der Waals surface area contributed by atoms with E-state index in [1.165, 1.54) is 26.6 Å². The van der Waals surface area contributed by atoms with Gasteiger partial charge in [0.25, 0.3) is 0 Å². The van der Waals surface area contributed by atoms with E-state index in [-0.39, 0.29) is 6.04 Å². The molecule has 0 aliphatic carbocycles. The van der Waals surface area contributed by atoms with Gasteiger partial charge in [0, 0.05) is 27.8 Å². The average molecular weight is 529 g/mol. The third-order valence-electron chi connectivity index (χ3n) is 6.61. The van der Waals surface area contributed by atoms with E-state index in [9.17, 15) is 0 Å². The van der Waals surface area contributed by atoms with Gasteiger partial charge >= 0.3 is 0 Å². The van der Waals surface area contributed by atoms with Gasteiger partial charge in [-0.05, 0) is 35.6 Å². The normalized spacial score (nSPS) is 11.9. The molecule has 0 spiro atoms. The zero-order chi connectivity index (χ0) is 25.6. The van der Waals surface area contributed by atoms with Crippen LogP contribution in [-0.2, 0) is 6.42 Å². The predicted molar refractivity (Wildman–Crippen MR) is 163 cm³/mol. The summed E-state index contributed by atoms with van der Waals surface area (Å²) >= 11 is 3.66. The van der Waals surface area contributed by atoms with Crippen molar-refractivity contribution < 1.29 is 0 Å². The molecule has 4 heteroatoms. The maximum absolute atomic E-state index is 5.38. The molecule has 2 aromatic heterocycles. The second-order valence-electron chi connectivity index (χ2n) is 9.18. The summed E-state index contributed by atoms with van der Waals surface area (Å²) in [5, 5.41) is 2.14. The lowest BCUT2D eigenvalue weighted by Gasteiger charge is -2.24. The summed E-state index contributed by atoms with van der Waals surface area (Å²) in [6.45, 7) is 0. The minimum absolute atomic E-state index is 0.194. The smallest absolute Gasteiger partial charge is 0.151 e. The van der Waals surface area contributed by atoms with E-state index < -0.39 is 0 Å². The molecule has 0 unspecified atom stereocenters. The van der Waals surface area contributed by atoms with Crippen molar-refractivity contribution in [3.63, 3.8) is 0 Å². The maximum atomic E-state index is 5.38. The van der Waals surface area contributed by atoms with Crippen molar-refractivity contribution in [2.75, 3.05) is 5.75 Å². The lowest BCUT2D eigenvalue weighted by molar-refractivity contribution is 0.564. The molecule has 0 aliphatic heterocycles. The molecular weight excluding hydrogens is 501 g/mol. The summed E-state index contributed by atoms with van der Waals surface area (Å²) in [4.78, 5) is 7.85. The van der Waals surface area contributed by atoms with E-state index >= 15 is 0 Å². The topological polar surface area (TPSA) is 17.8 Å². The Kier molecular flexibility index (Phi) is 7.52. The van der Waals surface area contributed by atoms with Crippen LogP contribution in [0.15, 0.2) is 144 Å². The Bertz CT molecular complexity index is 1560. The molecule has 0 N–H and O–H groups in total. The quantitative estimate of drug-likeness (QED) is 0.174. The Morgan fingerprint density at radius 3 is 1.89 bits per heavy atom. The number of thioether (sulfide) groups is 1. The third-order valence-corrected chi connectivity index (χ3v) is 8.63. The molecule has 0 amide bonds. The van der Waals surface area contributed by atoms with Gasteiger partial charge in [-0.3, -0.25) is 0 Å². The van der Waals surface area contributed by atoms with E-state index in [1.54, 1.807) is 11.3 Å². The Morgan fingerprint density at radius 2 is 1.26 bits per heavy atom. The highest BCUT2D eigenvalue weighted by molar-refractivity contribution is 7.99. The van der Waals surface area contributed by atoms with E-state index in [4.69, 9.17) is 4.98 Å². The Hall–Kier alpha value is -3.86. The van der Waals surface area contributed by atoms with Crippen molar-refractivity contribution in [1.82, 2.24) is 9.55 Å². The summed E-state index contributed by atoms with van der Waals surface area (Å²) < 4.78 is 2.52. The van der Waals surface area contributed by atoms with Crippen molar-refractivity contribution in [3.8, 4) is 33.2 Å². The van der Waals surface area contributed by atoms with Crippen LogP contribution in [0.2, 0.25) is 0 Å². The number of nitrogens with zero attached hydrogens (tertiary/aromatic N) is 2. The van der Waals surface area contributed by atoms with E-state index in [0.29, 0.717) is 0 Å². The number of imidazole rings is 1. The fraction of sp³-hybridized carbons (Fsp3) is 0.0882. The molecule has 0 radical (unpaired) electrons. The monoisotopic (exact) mass is 528 g/mol. The zero-order valence-corrected chi connectivity index (χ0v) is 22.6. The molecule has 4 aromatic carbocycles. The van der Waals surface area contributed by atoms with Crippen LogP contribution in [-0.4, -0.2) is 15.3 Å². The first-order chi connectivity index (χ1) is 18.9. The van der Waals surface area contributed by atoms with Crippen LogP contribution in [0, 0.1) is 0 Å². The fourth-order valence-electron chi connectivity index (χ4n) is 4.86. The first-order valence-electron chi connectivity index (χ1n) is 12.9. The molecule has 186 valence electrons. The molecule has 0 bridgehead atoms. The van der Waals surface area contributed by atoms with Gasteiger partial charge in [0.05, 0.1) is 16.3 Å². The van der Waals surface area contributed by atoms with Crippen LogP contribution < -0.4 is 0 Å². The third kappa shape index (κ3) is 5.38. The van der Waals surface area contributed by atoms with Gasteiger partial charge in [-0.2, -0.15) is 0 Å². The first kappa shape index (κ1) is 24.5. The molecule has 0 fully saturated rings. The van der Waals surface area contributed by atoms with Gasteiger partial charge in [-0.1, -0.05) is 115 Å². The number of aromatic nitrogens is 2. The van der Waals surface area contributed by atoms with Crippen molar-refractivity contribution in [2.45, 2.75) is 17.4 Å². The number of rotatable bonds is 9. The van der Waals surface area contributed by atoms with E-state index in [0.717, 1.165) is 29.3 Å².